The van der Waals surface area contributed by atoms with E-state index in [1.165, 1.54) is 25.6 Å². The molecule has 128 valence electrons. The molecule has 0 fully saturated rings. The summed E-state index contributed by atoms with van der Waals surface area (Å²) in [6, 6.07) is 10.9. The lowest BCUT2D eigenvalue weighted by molar-refractivity contribution is -0.143. The number of hydrogen-bond acceptors (Lipinski definition) is 6. The molecule has 2 aromatic rings. The molecule has 6 nitrogen and oxygen atoms in total. The van der Waals surface area contributed by atoms with E-state index in [-0.39, 0.29) is 0 Å². The highest BCUT2D eigenvalue weighted by Gasteiger charge is 2.25. The molecule has 1 atom stereocenters. The molecule has 0 saturated carbocycles. The molecule has 1 amide bonds. The second-order valence-electron chi connectivity index (χ2n) is 5.24. The SMILES string of the molecule is COC(=O)NC(C(=O)OC)c1ccc(-c2ccc(N(C)C)cc2)s1. The molecular formula is C17H20N2O4S. The van der Waals surface area contributed by atoms with Gasteiger partial charge in [0.05, 0.1) is 14.2 Å². The van der Waals surface area contributed by atoms with Crippen LogP contribution in [0.2, 0.25) is 0 Å². The first-order chi connectivity index (χ1) is 11.5. The van der Waals surface area contributed by atoms with E-state index in [9.17, 15) is 9.59 Å². The molecule has 7 heteroatoms. The minimum atomic E-state index is -0.887. The highest BCUT2D eigenvalue weighted by Crippen LogP contribution is 2.32. The van der Waals surface area contributed by atoms with Crippen molar-refractivity contribution < 1.29 is 19.1 Å². The molecule has 1 aromatic carbocycles. The van der Waals surface area contributed by atoms with Crippen molar-refractivity contribution >= 4 is 29.1 Å². The van der Waals surface area contributed by atoms with Crippen molar-refractivity contribution in [2.75, 3.05) is 33.2 Å². The first-order valence-corrected chi connectivity index (χ1v) is 8.07. The number of methoxy groups -OCH3 is 2. The maximum Gasteiger partial charge on any atom is 0.407 e. The van der Waals surface area contributed by atoms with Crippen molar-refractivity contribution in [2.45, 2.75) is 6.04 Å². The smallest absolute Gasteiger partial charge is 0.407 e. The maximum absolute atomic E-state index is 11.9. The Hall–Kier alpha value is -2.54. The second-order valence-corrected chi connectivity index (χ2v) is 6.35. The predicted octanol–water partition coefficient (Wildman–Crippen LogP) is 3.05. The van der Waals surface area contributed by atoms with E-state index in [4.69, 9.17) is 4.74 Å². The Bertz CT molecular complexity index is 710. The van der Waals surface area contributed by atoms with Crippen molar-refractivity contribution in [1.29, 1.82) is 0 Å². The minimum Gasteiger partial charge on any atom is -0.467 e. The fourth-order valence-corrected chi connectivity index (χ4v) is 3.18. The topological polar surface area (TPSA) is 67.9 Å². The number of nitrogens with one attached hydrogen (secondary N) is 1. The molecule has 0 aliphatic heterocycles. The van der Waals surface area contributed by atoms with E-state index >= 15 is 0 Å². The quantitative estimate of drug-likeness (QED) is 0.841. The van der Waals surface area contributed by atoms with Gasteiger partial charge in [-0.1, -0.05) is 12.1 Å². The molecule has 24 heavy (non-hydrogen) atoms. The maximum atomic E-state index is 11.9. The van der Waals surface area contributed by atoms with Gasteiger partial charge in [0.2, 0.25) is 0 Å². The van der Waals surface area contributed by atoms with Gasteiger partial charge in [-0.05, 0) is 29.8 Å². The molecule has 1 N–H and O–H groups in total. The Morgan fingerprint density at radius 3 is 2.25 bits per heavy atom. The number of rotatable bonds is 5. The van der Waals surface area contributed by atoms with Crippen LogP contribution in [0.4, 0.5) is 10.5 Å². The molecule has 1 heterocycles. The third-order valence-corrected chi connectivity index (χ3v) is 4.66. The molecule has 1 aromatic heterocycles. The van der Waals surface area contributed by atoms with Crippen LogP contribution in [0.15, 0.2) is 36.4 Å². The first kappa shape index (κ1) is 17.8. The monoisotopic (exact) mass is 348 g/mol. The van der Waals surface area contributed by atoms with Crippen LogP contribution in [0.25, 0.3) is 10.4 Å². The molecule has 0 spiro atoms. The summed E-state index contributed by atoms with van der Waals surface area (Å²) in [5, 5.41) is 2.49. The van der Waals surface area contributed by atoms with Gasteiger partial charge in [-0.3, -0.25) is 0 Å². The normalized spacial score (nSPS) is 11.5. The lowest BCUT2D eigenvalue weighted by atomic mass is 10.1. The van der Waals surface area contributed by atoms with Crippen molar-refractivity contribution in [2.24, 2.45) is 0 Å². The van der Waals surface area contributed by atoms with Gasteiger partial charge in [0.25, 0.3) is 0 Å². The third kappa shape index (κ3) is 4.05. The molecule has 0 radical (unpaired) electrons. The molecule has 0 bridgehead atoms. The van der Waals surface area contributed by atoms with Gasteiger partial charge in [0.15, 0.2) is 6.04 Å². The lowest BCUT2D eigenvalue weighted by Gasteiger charge is -2.14. The van der Waals surface area contributed by atoms with Crippen LogP contribution in [0.3, 0.4) is 0 Å². The van der Waals surface area contributed by atoms with E-state index in [0.717, 1.165) is 16.1 Å². The van der Waals surface area contributed by atoms with Gasteiger partial charge >= 0.3 is 12.1 Å². The number of carbonyl (C=O) groups is 2. The van der Waals surface area contributed by atoms with Crippen LogP contribution in [-0.2, 0) is 14.3 Å². The summed E-state index contributed by atoms with van der Waals surface area (Å²) in [4.78, 5) is 27.1. The highest BCUT2D eigenvalue weighted by molar-refractivity contribution is 7.15. The van der Waals surface area contributed by atoms with Crippen LogP contribution >= 0.6 is 11.3 Å². The molecule has 1 unspecified atom stereocenters. The van der Waals surface area contributed by atoms with Crippen LogP contribution in [0.5, 0.6) is 0 Å². The third-order valence-electron chi connectivity index (χ3n) is 3.46. The summed E-state index contributed by atoms with van der Waals surface area (Å²) in [7, 11) is 6.49. The Morgan fingerprint density at radius 1 is 1.04 bits per heavy atom. The Kier molecular flexibility index (Phi) is 5.81. The first-order valence-electron chi connectivity index (χ1n) is 7.26. The lowest BCUT2D eigenvalue weighted by Crippen LogP contribution is -2.33. The van der Waals surface area contributed by atoms with Gasteiger partial charge in [0.1, 0.15) is 0 Å². The van der Waals surface area contributed by atoms with E-state index < -0.39 is 18.1 Å². The number of esters is 1. The van der Waals surface area contributed by atoms with Crippen LogP contribution in [-0.4, -0.2) is 40.4 Å². The fourth-order valence-electron chi connectivity index (χ4n) is 2.13. The van der Waals surface area contributed by atoms with Gasteiger partial charge in [-0.25, -0.2) is 9.59 Å². The van der Waals surface area contributed by atoms with E-state index in [0.29, 0.717) is 4.88 Å². The number of alkyl carbamates (subject to hydrolysis) is 1. The minimum absolute atomic E-state index is 0.545. The van der Waals surface area contributed by atoms with Gasteiger partial charge in [0, 0.05) is 29.5 Å². The summed E-state index contributed by atoms with van der Waals surface area (Å²) in [6.45, 7) is 0. The van der Waals surface area contributed by atoms with E-state index in [2.05, 4.69) is 10.1 Å². The van der Waals surface area contributed by atoms with Crippen molar-refractivity contribution in [3.8, 4) is 10.4 Å². The second kappa shape index (κ2) is 7.83. The summed E-state index contributed by atoms with van der Waals surface area (Å²) in [5.41, 5.74) is 2.15. The average Bonchev–Trinajstić information content (AvgIpc) is 3.08. The number of ether oxygens (including phenoxy) is 2. The van der Waals surface area contributed by atoms with Crippen molar-refractivity contribution in [1.82, 2.24) is 5.32 Å². The fraction of sp³-hybridized carbons (Fsp3) is 0.294. The largest absolute Gasteiger partial charge is 0.467 e. The van der Waals surface area contributed by atoms with E-state index in [1.54, 1.807) is 6.07 Å². The summed E-state index contributed by atoms with van der Waals surface area (Å²) < 4.78 is 9.33. The van der Waals surface area contributed by atoms with Gasteiger partial charge in [-0.2, -0.15) is 0 Å². The average molecular weight is 348 g/mol. The Labute approximate surface area is 145 Å². The number of hydrogen-bond donors (Lipinski definition) is 1. The number of benzene rings is 1. The van der Waals surface area contributed by atoms with Crippen molar-refractivity contribution in [3.63, 3.8) is 0 Å². The van der Waals surface area contributed by atoms with Gasteiger partial charge in [-0.15, -0.1) is 11.3 Å². The van der Waals surface area contributed by atoms with Crippen molar-refractivity contribution in [3.05, 3.63) is 41.3 Å². The molecule has 0 aliphatic carbocycles. The predicted molar refractivity (Wildman–Crippen MR) is 94.4 cm³/mol. The highest BCUT2D eigenvalue weighted by atomic mass is 32.1. The van der Waals surface area contributed by atoms with Gasteiger partial charge < -0.3 is 19.7 Å². The number of carbonyl (C=O) groups excluding carboxylic acids is 2. The van der Waals surface area contributed by atoms with Crippen LogP contribution < -0.4 is 10.2 Å². The number of nitrogens with zero attached hydrogens (tertiary/aromatic N) is 1. The van der Waals surface area contributed by atoms with Crippen LogP contribution in [0.1, 0.15) is 10.9 Å². The summed E-state index contributed by atoms with van der Waals surface area (Å²) >= 11 is 1.42. The molecule has 0 aliphatic rings. The van der Waals surface area contributed by atoms with Crippen LogP contribution in [0, 0.1) is 0 Å². The molecule has 2 rings (SSSR count). The Morgan fingerprint density at radius 2 is 1.71 bits per heavy atom. The molecule has 0 saturated heterocycles. The summed E-state index contributed by atoms with van der Waals surface area (Å²) in [6.07, 6.45) is -0.685. The number of anilines is 1. The zero-order valence-electron chi connectivity index (χ0n) is 14.0. The standard InChI is InChI=1S/C17H20N2O4S/c1-19(2)12-7-5-11(6-8-12)13-9-10-14(24-13)15(16(20)22-3)18-17(21)23-4/h5-10,15H,1-4H3,(H,18,21). The zero-order chi connectivity index (χ0) is 17.7. The Balaban J connectivity index is 2.26. The number of thiophene rings is 1. The number of amides is 1. The summed E-state index contributed by atoms with van der Waals surface area (Å²) in [5.74, 6) is -0.545. The molecular weight excluding hydrogens is 328 g/mol. The zero-order valence-corrected chi connectivity index (χ0v) is 14.8. The van der Waals surface area contributed by atoms with E-state index in [1.807, 2.05) is 49.3 Å².